The van der Waals surface area contributed by atoms with Gasteiger partial charge in [-0.15, -0.1) is 0 Å². The van der Waals surface area contributed by atoms with E-state index in [4.69, 9.17) is 10.00 Å². The van der Waals surface area contributed by atoms with Gasteiger partial charge in [0.25, 0.3) is 5.91 Å². The summed E-state index contributed by atoms with van der Waals surface area (Å²) in [5, 5.41) is 11.7. The summed E-state index contributed by atoms with van der Waals surface area (Å²) in [5.41, 5.74) is 1.35. The van der Waals surface area contributed by atoms with E-state index in [0.717, 1.165) is 18.4 Å². The van der Waals surface area contributed by atoms with Crippen molar-refractivity contribution in [2.75, 3.05) is 18.0 Å². The average Bonchev–Trinajstić information content (AvgIpc) is 2.84. The van der Waals surface area contributed by atoms with Crippen LogP contribution in [0.5, 0.6) is 5.75 Å². The Bertz CT molecular complexity index is 1120. The minimum atomic E-state index is -0.790. The van der Waals surface area contributed by atoms with Crippen molar-refractivity contribution in [1.82, 2.24) is 15.3 Å². The molecule has 0 bridgehead atoms. The third kappa shape index (κ3) is 5.19. The van der Waals surface area contributed by atoms with Crippen LogP contribution in [-0.2, 0) is 6.54 Å². The molecule has 0 atom stereocenters. The number of halogens is 1. The van der Waals surface area contributed by atoms with Crippen LogP contribution < -0.4 is 15.0 Å². The third-order valence-corrected chi connectivity index (χ3v) is 5.31. The van der Waals surface area contributed by atoms with Gasteiger partial charge in [0.1, 0.15) is 17.7 Å². The maximum atomic E-state index is 14.6. The van der Waals surface area contributed by atoms with E-state index in [1.54, 1.807) is 48.8 Å². The molecule has 162 valence electrons. The van der Waals surface area contributed by atoms with Crippen LogP contribution in [0.4, 0.5) is 10.2 Å². The SMILES string of the molecule is N#Cc1cccc(OC2CCN(c3ccc(C(=O)NCc4ccncc4)c(F)n3)CC2)c1. The molecule has 2 aromatic heterocycles. The molecule has 0 unspecified atom stereocenters. The summed E-state index contributed by atoms with van der Waals surface area (Å²) < 4.78 is 20.5. The van der Waals surface area contributed by atoms with Crippen molar-refractivity contribution in [3.8, 4) is 11.8 Å². The highest BCUT2D eigenvalue weighted by Gasteiger charge is 2.23. The summed E-state index contributed by atoms with van der Waals surface area (Å²) in [6, 6.07) is 15.9. The van der Waals surface area contributed by atoms with E-state index >= 15 is 0 Å². The molecule has 4 rings (SSSR count). The highest BCUT2D eigenvalue weighted by atomic mass is 19.1. The number of anilines is 1. The molecule has 7 nitrogen and oxygen atoms in total. The van der Waals surface area contributed by atoms with Crippen LogP contribution in [-0.4, -0.2) is 35.1 Å². The number of hydrogen-bond donors (Lipinski definition) is 1. The Morgan fingerprint density at radius 2 is 1.97 bits per heavy atom. The fraction of sp³-hybridized carbons (Fsp3) is 0.250. The molecule has 1 aromatic carbocycles. The predicted molar refractivity (Wildman–Crippen MR) is 117 cm³/mol. The second-order valence-electron chi connectivity index (χ2n) is 7.49. The number of nitrogens with one attached hydrogen (secondary N) is 1. The van der Waals surface area contributed by atoms with Crippen molar-refractivity contribution in [1.29, 1.82) is 5.26 Å². The maximum absolute atomic E-state index is 14.6. The van der Waals surface area contributed by atoms with E-state index < -0.39 is 11.9 Å². The van der Waals surface area contributed by atoms with Gasteiger partial charge in [-0.1, -0.05) is 6.07 Å². The summed E-state index contributed by atoms with van der Waals surface area (Å²) in [5.74, 6) is -0.126. The molecule has 1 aliphatic rings. The van der Waals surface area contributed by atoms with Crippen LogP contribution in [0.3, 0.4) is 0 Å². The largest absolute Gasteiger partial charge is 0.490 e. The number of hydrogen-bond acceptors (Lipinski definition) is 6. The Labute approximate surface area is 185 Å². The number of piperidine rings is 1. The predicted octanol–water partition coefficient (Wildman–Crippen LogP) is 3.47. The fourth-order valence-corrected chi connectivity index (χ4v) is 3.58. The van der Waals surface area contributed by atoms with Crippen LogP contribution in [0.25, 0.3) is 0 Å². The first-order valence-electron chi connectivity index (χ1n) is 10.4. The van der Waals surface area contributed by atoms with E-state index in [1.165, 1.54) is 6.07 Å². The number of pyridine rings is 2. The highest BCUT2D eigenvalue weighted by molar-refractivity contribution is 5.94. The summed E-state index contributed by atoms with van der Waals surface area (Å²) in [6.07, 6.45) is 4.78. The molecule has 1 aliphatic heterocycles. The highest BCUT2D eigenvalue weighted by Crippen LogP contribution is 2.23. The van der Waals surface area contributed by atoms with Crippen molar-refractivity contribution in [2.45, 2.75) is 25.5 Å². The zero-order valence-corrected chi connectivity index (χ0v) is 17.4. The molecule has 1 amide bonds. The standard InChI is InChI=1S/C24H22FN5O2/c25-23-21(24(31)28-16-17-6-10-27-11-7-17)4-5-22(29-23)30-12-8-19(9-13-30)32-20-3-1-2-18(14-20)15-26/h1-7,10-11,14,19H,8-9,12-13,16H2,(H,28,31). The lowest BCUT2D eigenvalue weighted by Crippen LogP contribution is -2.39. The van der Waals surface area contributed by atoms with Gasteiger partial charge >= 0.3 is 0 Å². The average molecular weight is 431 g/mol. The summed E-state index contributed by atoms with van der Waals surface area (Å²) >= 11 is 0. The first-order chi connectivity index (χ1) is 15.6. The van der Waals surface area contributed by atoms with Crippen LogP contribution in [0.1, 0.15) is 34.3 Å². The molecule has 1 saturated heterocycles. The number of carbonyl (C=O) groups excluding carboxylic acids is 1. The first kappa shape index (κ1) is 21.2. The summed E-state index contributed by atoms with van der Waals surface area (Å²) in [6.45, 7) is 1.60. The normalized spacial score (nSPS) is 13.9. The molecule has 1 N–H and O–H groups in total. The van der Waals surface area contributed by atoms with Crippen molar-refractivity contribution in [3.63, 3.8) is 0 Å². The van der Waals surface area contributed by atoms with E-state index in [2.05, 4.69) is 21.4 Å². The van der Waals surface area contributed by atoms with Gasteiger partial charge in [0.2, 0.25) is 5.95 Å². The Morgan fingerprint density at radius 3 is 2.69 bits per heavy atom. The zero-order valence-electron chi connectivity index (χ0n) is 17.4. The van der Waals surface area contributed by atoms with Gasteiger partial charge in [-0.25, -0.2) is 4.98 Å². The summed E-state index contributed by atoms with van der Waals surface area (Å²) in [7, 11) is 0. The maximum Gasteiger partial charge on any atom is 0.256 e. The number of rotatable bonds is 6. The lowest BCUT2D eigenvalue weighted by Gasteiger charge is -2.33. The summed E-state index contributed by atoms with van der Waals surface area (Å²) in [4.78, 5) is 22.3. The molecule has 0 aliphatic carbocycles. The molecular formula is C24H22FN5O2. The second kappa shape index (κ2) is 9.88. The monoisotopic (exact) mass is 431 g/mol. The molecular weight excluding hydrogens is 409 g/mol. The van der Waals surface area contributed by atoms with Gasteiger partial charge in [0.05, 0.1) is 17.2 Å². The number of nitriles is 1. The second-order valence-corrected chi connectivity index (χ2v) is 7.49. The molecule has 3 heterocycles. The smallest absolute Gasteiger partial charge is 0.256 e. The van der Waals surface area contributed by atoms with E-state index in [1.807, 2.05) is 11.0 Å². The van der Waals surface area contributed by atoms with Gasteiger partial charge in [0.15, 0.2) is 0 Å². The van der Waals surface area contributed by atoms with Crippen LogP contribution in [0.15, 0.2) is 60.9 Å². The molecule has 8 heteroatoms. The molecule has 3 aromatic rings. The third-order valence-electron chi connectivity index (χ3n) is 5.31. The van der Waals surface area contributed by atoms with Crippen LogP contribution >= 0.6 is 0 Å². The van der Waals surface area contributed by atoms with E-state index in [-0.39, 0.29) is 18.2 Å². The Balaban J connectivity index is 1.32. The lowest BCUT2D eigenvalue weighted by molar-refractivity contribution is 0.0946. The van der Waals surface area contributed by atoms with Gasteiger partial charge in [-0.05, 0) is 48.0 Å². The van der Waals surface area contributed by atoms with Crippen molar-refractivity contribution >= 4 is 11.7 Å². The molecule has 0 radical (unpaired) electrons. The van der Waals surface area contributed by atoms with Crippen molar-refractivity contribution in [3.05, 3.63) is 83.6 Å². The number of amides is 1. The van der Waals surface area contributed by atoms with Gasteiger partial charge in [-0.2, -0.15) is 9.65 Å². The van der Waals surface area contributed by atoms with E-state index in [9.17, 15) is 9.18 Å². The fourth-order valence-electron chi connectivity index (χ4n) is 3.58. The Hall–Kier alpha value is -3.99. The number of benzene rings is 1. The number of carbonyl (C=O) groups is 1. The molecule has 0 saturated carbocycles. The van der Waals surface area contributed by atoms with Crippen LogP contribution in [0, 0.1) is 17.3 Å². The van der Waals surface area contributed by atoms with Gasteiger partial charge in [0, 0.05) is 44.9 Å². The van der Waals surface area contributed by atoms with Crippen molar-refractivity contribution in [2.24, 2.45) is 0 Å². The minimum absolute atomic E-state index is 0.0169. The quantitative estimate of drug-likeness (QED) is 0.601. The molecule has 1 fully saturated rings. The zero-order chi connectivity index (χ0) is 22.3. The molecule has 32 heavy (non-hydrogen) atoms. The Morgan fingerprint density at radius 1 is 1.19 bits per heavy atom. The topological polar surface area (TPSA) is 91.1 Å². The van der Waals surface area contributed by atoms with Gasteiger partial charge in [-0.3, -0.25) is 9.78 Å². The Kier molecular flexibility index (Phi) is 6.56. The van der Waals surface area contributed by atoms with Crippen molar-refractivity contribution < 1.29 is 13.9 Å². The minimum Gasteiger partial charge on any atom is -0.490 e. The van der Waals surface area contributed by atoms with Crippen LogP contribution in [0.2, 0.25) is 0 Å². The first-order valence-corrected chi connectivity index (χ1v) is 10.4. The molecule has 0 spiro atoms. The van der Waals surface area contributed by atoms with E-state index in [0.29, 0.717) is 30.2 Å². The lowest BCUT2D eigenvalue weighted by atomic mass is 10.1. The number of aromatic nitrogens is 2. The number of ether oxygens (including phenoxy) is 1. The van der Waals surface area contributed by atoms with Gasteiger partial charge < -0.3 is 15.0 Å². The number of nitrogens with zero attached hydrogens (tertiary/aromatic N) is 4.